The van der Waals surface area contributed by atoms with Gasteiger partial charge in [-0.15, -0.1) is 0 Å². The molecule has 2 aromatic carbocycles. The highest BCUT2D eigenvalue weighted by molar-refractivity contribution is 5.65. The summed E-state index contributed by atoms with van der Waals surface area (Å²) in [5.74, 6) is 0.360. The molecule has 1 aliphatic carbocycles. The fraction of sp³-hybridized carbons (Fsp3) is 0.448. The van der Waals surface area contributed by atoms with Gasteiger partial charge in [-0.05, 0) is 55.2 Å². The summed E-state index contributed by atoms with van der Waals surface area (Å²) < 4.78 is 68.3. The summed E-state index contributed by atoms with van der Waals surface area (Å²) >= 11 is 0. The van der Waals surface area contributed by atoms with Crippen LogP contribution in [0.15, 0.2) is 54.7 Å². The first-order valence-corrected chi connectivity index (χ1v) is 12.7. The zero-order valence-corrected chi connectivity index (χ0v) is 22.1. The van der Waals surface area contributed by atoms with Crippen molar-refractivity contribution < 1.29 is 36.9 Å². The highest BCUT2D eigenvalue weighted by Crippen LogP contribution is 2.34. The third-order valence-electron chi connectivity index (χ3n) is 7.39. The lowest BCUT2D eigenvalue weighted by Gasteiger charge is -2.44. The molecule has 6 atom stereocenters. The number of benzene rings is 2. The first-order chi connectivity index (χ1) is 18.7. The predicted molar refractivity (Wildman–Crippen MR) is 137 cm³/mol. The lowest BCUT2D eigenvalue weighted by atomic mass is 9.99. The minimum Gasteiger partial charge on any atom is -0.376 e. The third-order valence-corrected chi connectivity index (χ3v) is 7.39. The zero-order chi connectivity index (χ0) is 27.7. The molecule has 39 heavy (non-hydrogen) atoms. The maximum Gasteiger partial charge on any atom is 0.416 e. The molecule has 1 aromatic heterocycles. The van der Waals surface area contributed by atoms with Gasteiger partial charge in [0.1, 0.15) is 18.3 Å². The number of alkyl halides is 3. The largest absolute Gasteiger partial charge is 0.416 e. The van der Waals surface area contributed by atoms with Gasteiger partial charge < -0.3 is 23.7 Å². The topological polar surface area (TPSA) is 71.9 Å². The molecule has 0 N–H and O–H groups in total. The van der Waals surface area contributed by atoms with E-state index in [4.69, 9.17) is 23.7 Å². The van der Waals surface area contributed by atoms with E-state index in [1.54, 1.807) is 33.6 Å². The lowest BCUT2D eigenvalue weighted by Crippen LogP contribution is -2.59. The Morgan fingerprint density at radius 2 is 1.49 bits per heavy atom. The van der Waals surface area contributed by atoms with Crippen LogP contribution >= 0.6 is 0 Å². The second kappa shape index (κ2) is 11.3. The summed E-state index contributed by atoms with van der Waals surface area (Å²) in [5.41, 5.74) is 3.70. The Bertz CT molecular complexity index is 1290. The number of nitrogens with zero attached hydrogens (tertiary/aromatic N) is 2. The van der Waals surface area contributed by atoms with Crippen LogP contribution in [-0.2, 0) is 42.7 Å². The van der Waals surface area contributed by atoms with Gasteiger partial charge in [-0.2, -0.15) is 13.2 Å². The van der Waals surface area contributed by atoms with Crippen LogP contribution in [0.4, 0.5) is 13.2 Å². The summed E-state index contributed by atoms with van der Waals surface area (Å²) in [6.45, 7) is 1.93. The average molecular weight is 545 g/mol. The van der Waals surface area contributed by atoms with Crippen LogP contribution in [0.25, 0.3) is 22.6 Å². The van der Waals surface area contributed by atoms with Gasteiger partial charge in [0, 0.05) is 38.7 Å². The Hall–Kier alpha value is -2.89. The molecular formula is C29H31F3N2O5. The Kier molecular flexibility index (Phi) is 8.02. The van der Waals surface area contributed by atoms with E-state index in [0.29, 0.717) is 23.5 Å². The smallest absolute Gasteiger partial charge is 0.376 e. The lowest BCUT2D eigenvalue weighted by molar-refractivity contribution is -0.314. The first-order valence-electron chi connectivity index (χ1n) is 12.7. The van der Waals surface area contributed by atoms with Crippen molar-refractivity contribution in [2.24, 2.45) is 0 Å². The van der Waals surface area contributed by atoms with Gasteiger partial charge in [0.2, 0.25) is 0 Å². The molecule has 0 radical (unpaired) electrons. The third kappa shape index (κ3) is 5.71. The predicted octanol–water partition coefficient (Wildman–Crippen LogP) is 5.10. The van der Waals surface area contributed by atoms with Gasteiger partial charge in [-0.3, -0.25) is 0 Å². The van der Waals surface area contributed by atoms with E-state index >= 15 is 0 Å². The van der Waals surface area contributed by atoms with E-state index in [2.05, 4.69) is 22.1 Å². The number of hydrogen-bond donors (Lipinski definition) is 0. The van der Waals surface area contributed by atoms with Gasteiger partial charge in [-0.25, -0.2) is 9.97 Å². The number of methoxy groups -OCH3 is 3. The van der Waals surface area contributed by atoms with E-state index < -0.39 is 24.1 Å². The number of aromatic nitrogens is 2. The van der Waals surface area contributed by atoms with Gasteiger partial charge in [0.05, 0.1) is 23.5 Å². The molecule has 10 heteroatoms. The van der Waals surface area contributed by atoms with E-state index in [1.165, 1.54) is 17.7 Å². The maximum atomic E-state index is 12.9. The molecule has 2 aliphatic rings. The van der Waals surface area contributed by atoms with Crippen molar-refractivity contribution in [1.29, 1.82) is 0 Å². The minimum absolute atomic E-state index is 0.102. The van der Waals surface area contributed by atoms with Gasteiger partial charge in [0.25, 0.3) is 0 Å². The second-order valence-electron chi connectivity index (χ2n) is 9.80. The van der Waals surface area contributed by atoms with Crippen molar-refractivity contribution >= 4 is 0 Å². The van der Waals surface area contributed by atoms with E-state index in [9.17, 15) is 13.2 Å². The molecule has 0 amide bonds. The summed E-state index contributed by atoms with van der Waals surface area (Å²) in [6.07, 6.45) is -3.35. The molecular weight excluding hydrogens is 513 g/mol. The van der Waals surface area contributed by atoms with Crippen LogP contribution in [-0.4, -0.2) is 68.1 Å². The van der Waals surface area contributed by atoms with Crippen LogP contribution < -0.4 is 0 Å². The first kappa shape index (κ1) is 27.7. The van der Waals surface area contributed by atoms with Gasteiger partial charge >= 0.3 is 6.18 Å². The van der Waals surface area contributed by atoms with Gasteiger partial charge in [-0.1, -0.05) is 24.3 Å². The summed E-state index contributed by atoms with van der Waals surface area (Å²) in [5, 5.41) is 0. The molecule has 1 aliphatic heterocycles. The molecule has 6 unspecified atom stereocenters. The Labute approximate surface area is 225 Å². The van der Waals surface area contributed by atoms with Crippen LogP contribution in [0.2, 0.25) is 0 Å². The number of fused-ring (bicyclic) bond motifs is 1. The Morgan fingerprint density at radius 1 is 0.821 bits per heavy atom. The molecule has 1 fully saturated rings. The quantitative estimate of drug-likeness (QED) is 0.410. The Morgan fingerprint density at radius 3 is 2.15 bits per heavy atom. The summed E-state index contributed by atoms with van der Waals surface area (Å²) in [6, 6.07) is 12.8. The van der Waals surface area contributed by atoms with Crippen molar-refractivity contribution in [3.63, 3.8) is 0 Å². The molecule has 0 bridgehead atoms. The van der Waals surface area contributed by atoms with E-state index in [1.807, 2.05) is 13.0 Å². The minimum atomic E-state index is -4.39. The van der Waals surface area contributed by atoms with Crippen LogP contribution in [0, 0.1) is 0 Å². The van der Waals surface area contributed by atoms with Crippen molar-refractivity contribution in [2.45, 2.75) is 62.8 Å². The van der Waals surface area contributed by atoms with Crippen molar-refractivity contribution in [2.75, 3.05) is 21.3 Å². The summed E-state index contributed by atoms with van der Waals surface area (Å²) in [7, 11) is 4.86. The molecule has 5 rings (SSSR count). The average Bonchev–Trinajstić information content (AvgIpc) is 3.34. The molecule has 3 aromatic rings. The van der Waals surface area contributed by atoms with Gasteiger partial charge in [0.15, 0.2) is 12.1 Å². The van der Waals surface area contributed by atoms with E-state index in [-0.39, 0.29) is 24.4 Å². The monoisotopic (exact) mass is 544 g/mol. The maximum absolute atomic E-state index is 12.9. The fourth-order valence-corrected chi connectivity index (χ4v) is 5.41. The summed E-state index contributed by atoms with van der Waals surface area (Å²) in [4.78, 5) is 8.88. The number of hydrogen-bond acceptors (Lipinski definition) is 7. The molecule has 0 saturated carbocycles. The normalized spacial score (nSPS) is 26.9. The number of ether oxygens (including phenoxy) is 5. The van der Waals surface area contributed by atoms with E-state index in [0.717, 1.165) is 29.7 Å². The number of rotatable bonds is 7. The van der Waals surface area contributed by atoms with Crippen LogP contribution in [0.5, 0.6) is 0 Å². The zero-order valence-electron chi connectivity index (χ0n) is 22.1. The van der Waals surface area contributed by atoms with Crippen LogP contribution in [0.1, 0.15) is 23.6 Å². The molecule has 7 nitrogen and oxygen atoms in total. The van der Waals surface area contributed by atoms with Crippen molar-refractivity contribution in [3.8, 4) is 22.6 Å². The highest BCUT2D eigenvalue weighted by atomic mass is 19.4. The molecule has 1 saturated heterocycles. The van der Waals surface area contributed by atoms with Crippen molar-refractivity contribution in [1.82, 2.24) is 9.97 Å². The number of halogens is 3. The molecule has 208 valence electrons. The SMILES string of the molecule is COC1C(C)OC(OC2Cc3ccc(-c4ccnc(-c5ccc(C(F)(F)F)cc5)n4)cc3C2)C(OC)C1OC. The fourth-order valence-electron chi connectivity index (χ4n) is 5.41. The molecule has 0 spiro atoms. The highest BCUT2D eigenvalue weighted by Gasteiger charge is 2.47. The molecule has 2 heterocycles. The second-order valence-corrected chi connectivity index (χ2v) is 9.80. The van der Waals surface area contributed by atoms with Crippen molar-refractivity contribution in [3.05, 3.63) is 71.4 Å². The Balaban J connectivity index is 1.30. The standard InChI is InChI=1S/C29H31F3N2O5/c1-16-24(35-2)25(36-3)26(37-4)28(38-16)39-22-14-18-5-6-19(13-20(18)15-22)23-11-12-33-27(34-23)17-7-9-21(10-8-17)29(30,31)32/h5-13,16,22,24-26,28H,14-15H2,1-4H3. The van der Waals surface area contributed by atoms with Crippen LogP contribution in [0.3, 0.4) is 0 Å².